The average Bonchev–Trinajstić information content (AvgIpc) is 2.62. The zero-order chi connectivity index (χ0) is 17.6. The van der Waals surface area contributed by atoms with Gasteiger partial charge in [-0.3, -0.25) is 10.1 Å². The van der Waals surface area contributed by atoms with Gasteiger partial charge in [0, 0.05) is 25.2 Å². The number of non-ortho nitro benzene ring substituents is 1. The highest BCUT2D eigenvalue weighted by Crippen LogP contribution is 2.15. The summed E-state index contributed by atoms with van der Waals surface area (Å²) >= 11 is 0. The molecule has 3 rings (SSSR count). The standard InChI is InChI=1S/C14H15N7O4/c15-12-17-13(20-5-7-24-8-6-20)19-14(18-12)25-16-9-10-1-3-11(4-2-10)21(22)23/h1-4,9H,5-8H2,(H2,15,17,18,19). The van der Waals surface area contributed by atoms with Crippen LogP contribution >= 0.6 is 0 Å². The Morgan fingerprint density at radius 3 is 2.64 bits per heavy atom. The first-order valence-electron chi connectivity index (χ1n) is 7.41. The molecular formula is C14H15N7O4. The van der Waals surface area contributed by atoms with Crippen LogP contribution in [0.25, 0.3) is 0 Å². The largest absolute Gasteiger partial charge is 0.378 e. The Bertz CT molecular complexity index is 775. The Morgan fingerprint density at radius 2 is 1.96 bits per heavy atom. The van der Waals surface area contributed by atoms with Crippen molar-refractivity contribution in [1.82, 2.24) is 15.0 Å². The van der Waals surface area contributed by atoms with Gasteiger partial charge in [0.25, 0.3) is 5.69 Å². The van der Waals surface area contributed by atoms with Crippen LogP contribution in [-0.4, -0.2) is 52.4 Å². The number of oxime groups is 1. The second-order valence-corrected chi connectivity index (χ2v) is 5.05. The van der Waals surface area contributed by atoms with Crippen molar-refractivity contribution in [1.29, 1.82) is 0 Å². The second kappa shape index (κ2) is 7.49. The molecular weight excluding hydrogens is 330 g/mol. The van der Waals surface area contributed by atoms with Gasteiger partial charge in [-0.1, -0.05) is 5.16 Å². The molecule has 2 aromatic rings. The zero-order valence-electron chi connectivity index (χ0n) is 13.1. The summed E-state index contributed by atoms with van der Waals surface area (Å²) in [4.78, 5) is 29.3. The van der Waals surface area contributed by atoms with Gasteiger partial charge in [0.05, 0.1) is 24.4 Å². The Morgan fingerprint density at radius 1 is 1.24 bits per heavy atom. The first-order valence-corrected chi connectivity index (χ1v) is 7.41. The van der Waals surface area contributed by atoms with Crippen molar-refractivity contribution in [3.63, 3.8) is 0 Å². The quantitative estimate of drug-likeness (QED) is 0.468. The number of nitrogen functional groups attached to an aromatic ring is 1. The molecule has 25 heavy (non-hydrogen) atoms. The van der Waals surface area contributed by atoms with Gasteiger partial charge in [-0.2, -0.15) is 15.0 Å². The molecule has 0 amide bonds. The minimum atomic E-state index is -0.474. The highest BCUT2D eigenvalue weighted by molar-refractivity contribution is 5.79. The van der Waals surface area contributed by atoms with Crippen molar-refractivity contribution in [3.8, 4) is 6.01 Å². The molecule has 130 valence electrons. The van der Waals surface area contributed by atoms with Crippen LogP contribution in [0.1, 0.15) is 5.56 Å². The monoisotopic (exact) mass is 345 g/mol. The van der Waals surface area contributed by atoms with E-state index in [2.05, 4.69) is 20.1 Å². The normalized spacial score (nSPS) is 14.6. The van der Waals surface area contributed by atoms with E-state index in [4.69, 9.17) is 15.3 Å². The van der Waals surface area contributed by atoms with E-state index in [1.807, 2.05) is 4.90 Å². The molecule has 2 heterocycles. The first-order chi connectivity index (χ1) is 12.1. The van der Waals surface area contributed by atoms with Crippen LogP contribution in [0, 0.1) is 10.1 Å². The predicted octanol–water partition coefficient (Wildman–Crippen LogP) is 0.611. The molecule has 0 unspecified atom stereocenters. The van der Waals surface area contributed by atoms with Gasteiger partial charge >= 0.3 is 6.01 Å². The predicted molar refractivity (Wildman–Crippen MR) is 88.6 cm³/mol. The van der Waals surface area contributed by atoms with E-state index in [0.717, 1.165) is 0 Å². The maximum absolute atomic E-state index is 10.6. The fraction of sp³-hybridized carbons (Fsp3) is 0.286. The number of benzene rings is 1. The van der Waals surface area contributed by atoms with E-state index in [1.54, 1.807) is 12.1 Å². The topological polar surface area (TPSA) is 142 Å². The van der Waals surface area contributed by atoms with Gasteiger partial charge < -0.3 is 20.2 Å². The number of hydrogen-bond acceptors (Lipinski definition) is 10. The maximum atomic E-state index is 10.6. The summed E-state index contributed by atoms with van der Waals surface area (Å²) in [6.07, 6.45) is 1.39. The van der Waals surface area contributed by atoms with Crippen molar-refractivity contribution in [2.45, 2.75) is 0 Å². The van der Waals surface area contributed by atoms with Crippen molar-refractivity contribution >= 4 is 23.8 Å². The summed E-state index contributed by atoms with van der Waals surface area (Å²) in [5, 5.41) is 14.4. The van der Waals surface area contributed by atoms with Gasteiger partial charge in [0.2, 0.25) is 11.9 Å². The molecule has 1 aromatic carbocycles. The number of rotatable bonds is 5. The third-order valence-electron chi connectivity index (χ3n) is 3.35. The van der Waals surface area contributed by atoms with Crippen molar-refractivity contribution < 1.29 is 14.5 Å². The van der Waals surface area contributed by atoms with Crippen LogP contribution in [0.4, 0.5) is 17.6 Å². The number of nitro groups is 1. The van der Waals surface area contributed by atoms with Crippen LogP contribution in [-0.2, 0) is 4.74 Å². The molecule has 1 saturated heterocycles. The first kappa shape index (κ1) is 16.5. The molecule has 0 aliphatic carbocycles. The summed E-state index contributed by atoms with van der Waals surface area (Å²) in [7, 11) is 0. The van der Waals surface area contributed by atoms with Gasteiger partial charge in [-0.15, -0.1) is 0 Å². The summed E-state index contributed by atoms with van der Waals surface area (Å²) in [5.41, 5.74) is 6.30. The minimum absolute atomic E-state index is 0.00142. The minimum Gasteiger partial charge on any atom is -0.378 e. The third-order valence-corrected chi connectivity index (χ3v) is 3.35. The molecule has 0 saturated carbocycles. The number of nitro benzene ring substituents is 1. The lowest BCUT2D eigenvalue weighted by Crippen LogP contribution is -2.37. The third kappa shape index (κ3) is 4.35. The highest BCUT2D eigenvalue weighted by atomic mass is 16.6. The number of nitrogens with two attached hydrogens (primary N) is 1. The second-order valence-electron chi connectivity index (χ2n) is 5.05. The Balaban J connectivity index is 1.67. The number of anilines is 2. The summed E-state index contributed by atoms with van der Waals surface area (Å²) in [6, 6.07) is 5.81. The SMILES string of the molecule is Nc1nc(ON=Cc2ccc([N+](=O)[O-])cc2)nc(N2CCOCC2)n1. The van der Waals surface area contributed by atoms with Crippen LogP contribution in [0.5, 0.6) is 6.01 Å². The van der Waals surface area contributed by atoms with E-state index in [1.165, 1.54) is 18.3 Å². The molecule has 2 N–H and O–H groups in total. The van der Waals surface area contributed by atoms with Crippen LogP contribution in [0.2, 0.25) is 0 Å². The molecule has 0 bridgehead atoms. The molecule has 11 nitrogen and oxygen atoms in total. The van der Waals surface area contributed by atoms with Crippen LogP contribution < -0.4 is 15.5 Å². The zero-order valence-corrected chi connectivity index (χ0v) is 13.1. The number of ether oxygens (including phenoxy) is 1. The highest BCUT2D eigenvalue weighted by Gasteiger charge is 2.16. The van der Waals surface area contributed by atoms with Crippen molar-refractivity contribution in [2.75, 3.05) is 36.9 Å². The Hall–Kier alpha value is -3.34. The fourth-order valence-electron chi connectivity index (χ4n) is 2.12. The van der Waals surface area contributed by atoms with Crippen LogP contribution in [0.15, 0.2) is 29.4 Å². The summed E-state index contributed by atoms with van der Waals surface area (Å²) in [5.74, 6) is 0.424. The van der Waals surface area contributed by atoms with Crippen molar-refractivity contribution in [3.05, 3.63) is 39.9 Å². The van der Waals surface area contributed by atoms with Crippen molar-refractivity contribution in [2.24, 2.45) is 5.16 Å². The average molecular weight is 345 g/mol. The maximum Gasteiger partial charge on any atom is 0.352 e. The lowest BCUT2D eigenvalue weighted by Gasteiger charge is -2.26. The molecule has 0 spiro atoms. The van der Waals surface area contributed by atoms with Gasteiger partial charge in [0.1, 0.15) is 0 Å². The smallest absolute Gasteiger partial charge is 0.352 e. The summed E-state index contributed by atoms with van der Waals surface area (Å²) < 4.78 is 5.28. The molecule has 1 fully saturated rings. The van der Waals surface area contributed by atoms with E-state index in [9.17, 15) is 10.1 Å². The lowest BCUT2D eigenvalue weighted by atomic mass is 10.2. The van der Waals surface area contributed by atoms with Gasteiger partial charge in [-0.25, -0.2) is 0 Å². The fourth-order valence-corrected chi connectivity index (χ4v) is 2.12. The molecule has 0 radical (unpaired) electrons. The van der Waals surface area contributed by atoms with E-state index in [-0.39, 0.29) is 17.6 Å². The summed E-state index contributed by atoms with van der Waals surface area (Å²) in [6.45, 7) is 2.46. The number of nitrogens with zero attached hydrogens (tertiary/aromatic N) is 6. The van der Waals surface area contributed by atoms with Gasteiger partial charge in [0.15, 0.2) is 0 Å². The molecule has 11 heteroatoms. The number of aromatic nitrogens is 3. The Kier molecular flexibility index (Phi) is 4.95. The van der Waals surface area contributed by atoms with Crippen LogP contribution in [0.3, 0.4) is 0 Å². The van der Waals surface area contributed by atoms with E-state index in [0.29, 0.717) is 37.8 Å². The van der Waals surface area contributed by atoms with Gasteiger partial charge in [-0.05, 0) is 17.7 Å². The number of hydrogen-bond donors (Lipinski definition) is 1. The lowest BCUT2D eigenvalue weighted by molar-refractivity contribution is -0.384. The molecule has 1 aromatic heterocycles. The number of morpholine rings is 1. The van der Waals surface area contributed by atoms with E-state index >= 15 is 0 Å². The van der Waals surface area contributed by atoms with E-state index < -0.39 is 4.92 Å². The molecule has 1 aliphatic heterocycles. The molecule has 1 aliphatic rings. The molecule has 0 atom stereocenters. The Labute approximate surface area is 142 Å².